The molecule has 0 fully saturated rings. The second kappa shape index (κ2) is 20.2. The van der Waals surface area contributed by atoms with Crippen molar-refractivity contribution < 1.29 is 34.4 Å². The van der Waals surface area contributed by atoms with Gasteiger partial charge in [0.15, 0.2) is 11.4 Å². The van der Waals surface area contributed by atoms with E-state index >= 15 is 0 Å². The zero-order valence-corrected chi connectivity index (χ0v) is 20.1. The number of carbonyl (C=O) groups excluding carboxylic acids is 2. The molecule has 0 aliphatic heterocycles. The van der Waals surface area contributed by atoms with Crippen LogP contribution in [0.3, 0.4) is 0 Å². The predicted octanol–water partition coefficient (Wildman–Crippen LogP) is 4.95. The molecule has 0 radical (unpaired) electrons. The van der Waals surface area contributed by atoms with E-state index in [-0.39, 0.29) is 19.3 Å². The molecule has 7 nitrogen and oxygen atoms in total. The Labute approximate surface area is 193 Å². The lowest BCUT2D eigenvalue weighted by atomic mass is 9.95. The number of carboxylic acid groups (broad SMARTS) is 1. The van der Waals surface area contributed by atoms with Gasteiger partial charge in [0, 0.05) is 6.42 Å². The largest absolute Gasteiger partial charge is 0.481 e. The summed E-state index contributed by atoms with van der Waals surface area (Å²) in [5, 5.41) is 28.1. The van der Waals surface area contributed by atoms with Crippen molar-refractivity contribution in [1.82, 2.24) is 0 Å². The Balaban J connectivity index is 3.69. The van der Waals surface area contributed by atoms with Crippen molar-refractivity contribution in [2.24, 2.45) is 0 Å². The Bertz CT molecular complexity index is 507. The number of esters is 1. The zero-order chi connectivity index (χ0) is 24.1. The number of unbranched alkanes of at least 4 members (excludes halogenated alkanes) is 14. The van der Waals surface area contributed by atoms with E-state index in [1.165, 1.54) is 70.6 Å². The molecule has 0 amide bonds. The second-order valence-electron chi connectivity index (χ2n) is 8.87. The van der Waals surface area contributed by atoms with Gasteiger partial charge in [0.1, 0.15) is 6.61 Å². The summed E-state index contributed by atoms with van der Waals surface area (Å²) >= 11 is 0. The molecule has 0 aromatic heterocycles. The Morgan fingerprint density at radius 2 is 1.12 bits per heavy atom. The molecule has 0 aliphatic rings. The maximum Gasteiger partial charge on any atom is 0.306 e. The molecule has 0 saturated carbocycles. The van der Waals surface area contributed by atoms with Crippen LogP contribution in [0.5, 0.6) is 0 Å². The van der Waals surface area contributed by atoms with E-state index in [4.69, 9.17) is 9.84 Å². The van der Waals surface area contributed by atoms with Gasteiger partial charge in [-0.1, -0.05) is 96.8 Å². The highest BCUT2D eigenvalue weighted by atomic mass is 16.5. The molecule has 0 aliphatic carbocycles. The number of Topliss-reactive ketones (excluding diaryl/α,β-unsaturated/α-hetero) is 1. The fraction of sp³-hybridized carbons (Fsp3) is 0.880. The van der Waals surface area contributed by atoms with Gasteiger partial charge in [-0.3, -0.25) is 14.4 Å². The molecule has 0 heterocycles. The average Bonchev–Trinajstić information content (AvgIpc) is 2.78. The summed E-state index contributed by atoms with van der Waals surface area (Å²) < 4.78 is 4.77. The van der Waals surface area contributed by atoms with Crippen LogP contribution in [-0.4, -0.2) is 51.9 Å². The van der Waals surface area contributed by atoms with Crippen LogP contribution in [-0.2, 0) is 19.1 Å². The minimum atomic E-state index is -2.12. The molecular weight excluding hydrogens is 412 g/mol. The number of ether oxygens (including phenoxy) is 1. The van der Waals surface area contributed by atoms with Crippen molar-refractivity contribution in [3.63, 3.8) is 0 Å². The molecule has 188 valence electrons. The molecule has 0 aromatic rings. The molecule has 32 heavy (non-hydrogen) atoms. The van der Waals surface area contributed by atoms with Crippen molar-refractivity contribution in [2.45, 2.75) is 128 Å². The molecule has 0 bridgehead atoms. The van der Waals surface area contributed by atoms with E-state index in [0.29, 0.717) is 6.42 Å². The summed E-state index contributed by atoms with van der Waals surface area (Å²) in [5.74, 6) is -2.51. The van der Waals surface area contributed by atoms with Crippen LogP contribution in [0.1, 0.15) is 122 Å². The van der Waals surface area contributed by atoms with Crippen LogP contribution in [0.25, 0.3) is 0 Å². The molecule has 0 spiro atoms. The highest BCUT2D eigenvalue weighted by Gasteiger charge is 2.36. The first-order chi connectivity index (χ1) is 15.4. The minimum absolute atomic E-state index is 0.113. The third-order valence-electron chi connectivity index (χ3n) is 5.80. The van der Waals surface area contributed by atoms with Crippen LogP contribution in [0.4, 0.5) is 0 Å². The number of carbonyl (C=O) groups is 3. The normalized spacial score (nSPS) is 13.0. The number of aliphatic hydroxyl groups is 2. The number of aliphatic hydroxyl groups excluding tert-OH is 1. The standard InChI is InChI=1S/C25H46O7/c1-2-3-4-5-6-7-8-9-10-11-12-13-14-15-16-17-22(27)25(31,20-26)21-32-24(30)19-18-23(28)29/h26,31H,2-21H2,1H3,(H,28,29). The Hall–Kier alpha value is -1.47. The van der Waals surface area contributed by atoms with Crippen molar-refractivity contribution in [1.29, 1.82) is 0 Å². The van der Waals surface area contributed by atoms with Gasteiger partial charge in [-0.25, -0.2) is 0 Å². The zero-order valence-electron chi connectivity index (χ0n) is 20.1. The molecule has 1 atom stereocenters. The van der Waals surface area contributed by atoms with Crippen molar-refractivity contribution in [3.05, 3.63) is 0 Å². The predicted molar refractivity (Wildman–Crippen MR) is 124 cm³/mol. The average molecular weight is 459 g/mol. The number of rotatable bonds is 23. The van der Waals surface area contributed by atoms with E-state index in [0.717, 1.165) is 19.3 Å². The Morgan fingerprint density at radius 3 is 1.53 bits per heavy atom. The first kappa shape index (κ1) is 30.5. The van der Waals surface area contributed by atoms with Crippen LogP contribution < -0.4 is 0 Å². The van der Waals surface area contributed by atoms with Crippen LogP contribution in [0, 0.1) is 0 Å². The van der Waals surface area contributed by atoms with Gasteiger partial charge in [0.05, 0.1) is 19.4 Å². The number of hydrogen-bond acceptors (Lipinski definition) is 6. The molecule has 3 N–H and O–H groups in total. The van der Waals surface area contributed by atoms with Crippen LogP contribution in [0.15, 0.2) is 0 Å². The summed E-state index contributed by atoms with van der Waals surface area (Å²) in [5.41, 5.74) is -2.12. The van der Waals surface area contributed by atoms with Gasteiger partial charge in [-0.15, -0.1) is 0 Å². The first-order valence-corrected chi connectivity index (χ1v) is 12.6. The lowest BCUT2D eigenvalue weighted by Crippen LogP contribution is -2.47. The van der Waals surface area contributed by atoms with Gasteiger partial charge in [0.2, 0.25) is 0 Å². The number of carboxylic acids is 1. The van der Waals surface area contributed by atoms with Gasteiger partial charge in [-0.05, 0) is 6.42 Å². The summed E-state index contributed by atoms with van der Waals surface area (Å²) in [6.07, 6.45) is 17.6. The fourth-order valence-electron chi connectivity index (χ4n) is 3.58. The maximum absolute atomic E-state index is 12.2. The van der Waals surface area contributed by atoms with Gasteiger partial charge in [-0.2, -0.15) is 0 Å². The fourth-order valence-corrected chi connectivity index (χ4v) is 3.58. The highest BCUT2D eigenvalue weighted by molar-refractivity contribution is 5.87. The molecular formula is C25H46O7. The molecule has 0 saturated heterocycles. The van der Waals surface area contributed by atoms with Crippen LogP contribution >= 0.6 is 0 Å². The van der Waals surface area contributed by atoms with E-state index in [9.17, 15) is 24.6 Å². The number of hydrogen-bond donors (Lipinski definition) is 3. The summed E-state index contributed by atoms with van der Waals surface area (Å²) in [4.78, 5) is 34.1. The van der Waals surface area contributed by atoms with E-state index < -0.39 is 36.5 Å². The summed E-state index contributed by atoms with van der Waals surface area (Å²) in [6, 6.07) is 0. The molecule has 7 heteroatoms. The molecule has 0 aromatic carbocycles. The van der Waals surface area contributed by atoms with Crippen molar-refractivity contribution in [3.8, 4) is 0 Å². The Kier molecular flexibility index (Phi) is 19.2. The third kappa shape index (κ3) is 17.1. The van der Waals surface area contributed by atoms with E-state index in [2.05, 4.69) is 6.92 Å². The topological polar surface area (TPSA) is 121 Å². The van der Waals surface area contributed by atoms with Crippen LogP contribution in [0.2, 0.25) is 0 Å². The van der Waals surface area contributed by atoms with E-state index in [1.807, 2.05) is 0 Å². The summed E-state index contributed by atoms with van der Waals surface area (Å²) in [6.45, 7) is 0.754. The highest BCUT2D eigenvalue weighted by Crippen LogP contribution is 2.16. The second-order valence-corrected chi connectivity index (χ2v) is 8.87. The van der Waals surface area contributed by atoms with Gasteiger partial charge >= 0.3 is 11.9 Å². The molecule has 0 rings (SSSR count). The van der Waals surface area contributed by atoms with Crippen molar-refractivity contribution >= 4 is 17.7 Å². The SMILES string of the molecule is CCCCCCCCCCCCCCCCCC(=O)C(O)(CO)COC(=O)CCC(=O)O. The number of aliphatic carboxylic acids is 1. The number of ketones is 1. The van der Waals surface area contributed by atoms with Crippen molar-refractivity contribution in [2.75, 3.05) is 13.2 Å². The van der Waals surface area contributed by atoms with Gasteiger partial charge in [0.25, 0.3) is 0 Å². The summed E-state index contributed by atoms with van der Waals surface area (Å²) in [7, 11) is 0. The smallest absolute Gasteiger partial charge is 0.306 e. The monoisotopic (exact) mass is 458 g/mol. The third-order valence-corrected chi connectivity index (χ3v) is 5.80. The minimum Gasteiger partial charge on any atom is -0.481 e. The van der Waals surface area contributed by atoms with Gasteiger partial charge < -0.3 is 20.1 Å². The Morgan fingerprint density at radius 1 is 0.688 bits per heavy atom. The lowest BCUT2D eigenvalue weighted by molar-refractivity contribution is -0.162. The maximum atomic E-state index is 12.2. The molecule has 1 unspecified atom stereocenters. The lowest BCUT2D eigenvalue weighted by Gasteiger charge is -2.23. The first-order valence-electron chi connectivity index (χ1n) is 12.6. The quantitative estimate of drug-likeness (QED) is 0.146. The van der Waals surface area contributed by atoms with E-state index in [1.54, 1.807) is 0 Å².